The van der Waals surface area contributed by atoms with Gasteiger partial charge in [-0.15, -0.1) is 0 Å². The van der Waals surface area contributed by atoms with Gasteiger partial charge in [0.15, 0.2) is 0 Å². The number of nitrogens with zero attached hydrogens (tertiary/aromatic N) is 2. The minimum Gasteiger partial charge on any atom is -0.462 e. The third-order valence-corrected chi connectivity index (χ3v) is 3.81. The highest BCUT2D eigenvalue weighted by molar-refractivity contribution is 5.71. The van der Waals surface area contributed by atoms with Crippen molar-refractivity contribution in [1.82, 2.24) is 20.4 Å². The summed E-state index contributed by atoms with van der Waals surface area (Å²) in [4.78, 5) is 16.1. The third-order valence-electron chi connectivity index (χ3n) is 3.81. The number of hydrogen-bond acceptors (Lipinski definition) is 7. The van der Waals surface area contributed by atoms with E-state index in [0.29, 0.717) is 26.4 Å². The first-order valence-corrected chi connectivity index (χ1v) is 7.94. The van der Waals surface area contributed by atoms with Crippen LogP contribution in [0.5, 0.6) is 0 Å². The normalized spacial score (nSPS) is 21.3. The molecule has 0 saturated carbocycles. The number of esters is 1. The van der Waals surface area contributed by atoms with E-state index < -0.39 is 0 Å². The number of nitrogens with one attached hydrogen (secondary N) is 2. The molecule has 0 bridgehead atoms. The van der Waals surface area contributed by atoms with E-state index in [1.54, 1.807) is 0 Å². The van der Waals surface area contributed by atoms with Gasteiger partial charge in [-0.2, -0.15) is 0 Å². The van der Waals surface area contributed by atoms with Crippen LogP contribution in [0.3, 0.4) is 0 Å². The van der Waals surface area contributed by atoms with Crippen molar-refractivity contribution in [3.63, 3.8) is 0 Å². The van der Waals surface area contributed by atoms with Crippen LogP contribution in [0.15, 0.2) is 0 Å². The average Bonchev–Trinajstić information content (AvgIpc) is 2.53. The number of carbonyl (C=O) groups is 1. The number of ether oxygens (including phenoxy) is 2. The molecule has 0 aliphatic carbocycles. The number of carbonyl (C=O) groups excluding carboxylic acids is 1. The molecule has 21 heavy (non-hydrogen) atoms. The van der Waals surface area contributed by atoms with Crippen molar-refractivity contribution in [2.45, 2.75) is 0 Å². The van der Waals surface area contributed by atoms with E-state index in [2.05, 4.69) is 20.4 Å². The maximum absolute atomic E-state index is 11.6. The molecule has 122 valence electrons. The smallest absolute Gasteiger partial charge is 0.320 e. The van der Waals surface area contributed by atoms with Crippen molar-refractivity contribution in [2.75, 3.05) is 85.3 Å². The largest absolute Gasteiger partial charge is 0.462 e. The Labute approximate surface area is 126 Å². The lowest BCUT2D eigenvalue weighted by Gasteiger charge is -2.27. The monoisotopic (exact) mass is 300 g/mol. The van der Waals surface area contributed by atoms with E-state index in [1.165, 1.54) is 0 Å². The number of rotatable bonds is 8. The topological polar surface area (TPSA) is 66.1 Å². The Kier molecular flexibility index (Phi) is 7.98. The van der Waals surface area contributed by atoms with Gasteiger partial charge in [0, 0.05) is 58.9 Å². The molecule has 2 saturated heterocycles. The summed E-state index contributed by atoms with van der Waals surface area (Å²) in [6.07, 6.45) is 0. The van der Waals surface area contributed by atoms with E-state index in [9.17, 15) is 4.79 Å². The highest BCUT2D eigenvalue weighted by atomic mass is 16.6. The van der Waals surface area contributed by atoms with Gasteiger partial charge in [-0.1, -0.05) is 0 Å². The second kappa shape index (κ2) is 10.1. The molecule has 7 heteroatoms. The van der Waals surface area contributed by atoms with Gasteiger partial charge in [0.05, 0.1) is 19.8 Å². The fourth-order valence-corrected chi connectivity index (χ4v) is 2.54. The van der Waals surface area contributed by atoms with Crippen LogP contribution in [0.1, 0.15) is 0 Å². The molecule has 0 radical (unpaired) electrons. The van der Waals surface area contributed by atoms with E-state index in [4.69, 9.17) is 9.47 Å². The summed E-state index contributed by atoms with van der Waals surface area (Å²) in [5.41, 5.74) is 0. The van der Waals surface area contributed by atoms with Crippen molar-refractivity contribution in [2.24, 2.45) is 0 Å². The zero-order valence-corrected chi connectivity index (χ0v) is 12.8. The molecule has 0 aromatic carbocycles. The highest BCUT2D eigenvalue weighted by Crippen LogP contribution is 1.94. The van der Waals surface area contributed by atoms with Crippen molar-refractivity contribution >= 4 is 5.97 Å². The molecule has 0 spiro atoms. The van der Waals surface area contributed by atoms with Gasteiger partial charge in [0.1, 0.15) is 6.61 Å². The molecule has 2 rings (SSSR count). The van der Waals surface area contributed by atoms with Crippen LogP contribution in [0, 0.1) is 0 Å². The molecule has 2 aliphatic rings. The number of hydrogen-bond donors (Lipinski definition) is 2. The van der Waals surface area contributed by atoms with Gasteiger partial charge in [-0.25, -0.2) is 0 Å². The molecule has 0 aromatic rings. The summed E-state index contributed by atoms with van der Waals surface area (Å²) in [7, 11) is 0. The van der Waals surface area contributed by atoms with E-state index in [1.807, 2.05) is 0 Å². The predicted molar refractivity (Wildman–Crippen MR) is 80.4 cm³/mol. The molecule has 0 atom stereocenters. The summed E-state index contributed by atoms with van der Waals surface area (Å²) in [6.45, 7) is 10.9. The Hall–Kier alpha value is -0.730. The fourth-order valence-electron chi connectivity index (χ4n) is 2.54. The van der Waals surface area contributed by atoms with Crippen molar-refractivity contribution < 1.29 is 14.3 Å². The summed E-state index contributed by atoms with van der Waals surface area (Å²) in [5.74, 6) is -0.150. The fraction of sp³-hybridized carbons (Fsp3) is 0.929. The molecular formula is C14H28N4O3. The van der Waals surface area contributed by atoms with Crippen LogP contribution in [-0.2, 0) is 14.3 Å². The van der Waals surface area contributed by atoms with Gasteiger partial charge < -0.3 is 20.1 Å². The van der Waals surface area contributed by atoms with Crippen LogP contribution in [0.4, 0.5) is 0 Å². The quantitative estimate of drug-likeness (QED) is 0.411. The van der Waals surface area contributed by atoms with Crippen LogP contribution in [-0.4, -0.2) is 101 Å². The first-order valence-electron chi connectivity index (χ1n) is 7.94. The molecule has 0 aromatic heterocycles. The van der Waals surface area contributed by atoms with Gasteiger partial charge in [-0.05, 0) is 0 Å². The SMILES string of the molecule is O=C(CN1CCNCC1)OCCOCCN1CCNCC1. The highest BCUT2D eigenvalue weighted by Gasteiger charge is 2.14. The second-order valence-corrected chi connectivity index (χ2v) is 5.45. The number of piperazine rings is 2. The molecule has 2 heterocycles. The van der Waals surface area contributed by atoms with Crippen LogP contribution in [0.25, 0.3) is 0 Å². The summed E-state index contributed by atoms with van der Waals surface area (Å²) >= 11 is 0. The Morgan fingerprint density at radius 1 is 0.857 bits per heavy atom. The first-order chi connectivity index (χ1) is 10.3. The van der Waals surface area contributed by atoms with Crippen LogP contribution in [0.2, 0.25) is 0 Å². The Bertz CT molecular complexity index is 292. The first kappa shape index (κ1) is 16.6. The zero-order chi connectivity index (χ0) is 14.8. The van der Waals surface area contributed by atoms with Gasteiger partial charge in [0.25, 0.3) is 0 Å². The molecule has 2 fully saturated rings. The lowest BCUT2D eigenvalue weighted by atomic mass is 10.3. The molecule has 7 nitrogen and oxygen atoms in total. The molecule has 2 N–H and O–H groups in total. The Balaban J connectivity index is 1.41. The van der Waals surface area contributed by atoms with Gasteiger partial charge >= 0.3 is 5.97 Å². The van der Waals surface area contributed by atoms with Crippen LogP contribution < -0.4 is 10.6 Å². The molecule has 0 amide bonds. The van der Waals surface area contributed by atoms with E-state index in [0.717, 1.165) is 58.9 Å². The summed E-state index contributed by atoms with van der Waals surface area (Å²) in [5, 5.41) is 6.58. The van der Waals surface area contributed by atoms with E-state index in [-0.39, 0.29) is 5.97 Å². The van der Waals surface area contributed by atoms with Crippen molar-refractivity contribution in [1.29, 1.82) is 0 Å². The predicted octanol–water partition coefficient (Wildman–Crippen LogP) is -1.64. The third kappa shape index (κ3) is 7.19. The molecule has 0 unspecified atom stereocenters. The average molecular weight is 300 g/mol. The zero-order valence-electron chi connectivity index (χ0n) is 12.8. The minimum atomic E-state index is -0.150. The van der Waals surface area contributed by atoms with E-state index >= 15 is 0 Å². The van der Waals surface area contributed by atoms with Crippen molar-refractivity contribution in [3.05, 3.63) is 0 Å². The standard InChI is InChI=1S/C14H28N4O3/c19-14(13-18-7-3-16-4-8-18)21-12-11-20-10-9-17-5-1-15-2-6-17/h15-16H,1-13H2. The summed E-state index contributed by atoms with van der Waals surface area (Å²) in [6, 6.07) is 0. The Morgan fingerprint density at radius 2 is 1.48 bits per heavy atom. The minimum absolute atomic E-state index is 0.150. The lowest BCUT2D eigenvalue weighted by Crippen LogP contribution is -2.45. The molecule has 2 aliphatic heterocycles. The lowest BCUT2D eigenvalue weighted by molar-refractivity contribution is -0.146. The van der Waals surface area contributed by atoms with Gasteiger partial charge in [0.2, 0.25) is 0 Å². The van der Waals surface area contributed by atoms with Gasteiger partial charge in [-0.3, -0.25) is 14.6 Å². The maximum atomic E-state index is 11.6. The second-order valence-electron chi connectivity index (χ2n) is 5.45. The van der Waals surface area contributed by atoms with Crippen LogP contribution >= 0.6 is 0 Å². The summed E-state index contributed by atoms with van der Waals surface area (Å²) < 4.78 is 10.7. The molecular weight excluding hydrogens is 272 g/mol. The maximum Gasteiger partial charge on any atom is 0.320 e. The van der Waals surface area contributed by atoms with Crippen molar-refractivity contribution in [3.8, 4) is 0 Å². The Morgan fingerprint density at radius 3 is 2.14 bits per heavy atom.